The van der Waals surface area contributed by atoms with Gasteiger partial charge in [-0.1, -0.05) is 0 Å². The lowest BCUT2D eigenvalue weighted by Gasteiger charge is -2.21. The van der Waals surface area contributed by atoms with Gasteiger partial charge in [0.05, 0.1) is 12.3 Å². The van der Waals surface area contributed by atoms with Crippen molar-refractivity contribution in [2.45, 2.75) is 39.3 Å². The molecular formula is C15H23FN2O. The van der Waals surface area contributed by atoms with Crippen molar-refractivity contribution in [3.05, 3.63) is 24.0 Å². The number of likely N-dealkylation sites (tertiary alicyclic amines) is 1. The van der Waals surface area contributed by atoms with Crippen molar-refractivity contribution in [3.8, 4) is 5.75 Å². The first-order valence-corrected chi connectivity index (χ1v) is 7.03. The number of nitrogens with zero attached hydrogens (tertiary/aromatic N) is 1. The van der Waals surface area contributed by atoms with Crippen LogP contribution in [0.5, 0.6) is 5.75 Å². The Balaban J connectivity index is 2.03. The van der Waals surface area contributed by atoms with Crippen molar-refractivity contribution in [2.24, 2.45) is 0 Å². The quantitative estimate of drug-likeness (QED) is 0.886. The molecule has 1 aromatic rings. The lowest BCUT2D eigenvalue weighted by molar-refractivity contribution is 0.274. The van der Waals surface area contributed by atoms with Crippen LogP contribution < -0.4 is 10.1 Å². The molecule has 2 rings (SSSR count). The molecule has 0 spiro atoms. The van der Waals surface area contributed by atoms with Gasteiger partial charge in [-0.3, -0.25) is 4.90 Å². The van der Waals surface area contributed by atoms with E-state index in [0.29, 0.717) is 24.4 Å². The van der Waals surface area contributed by atoms with Crippen LogP contribution in [0.3, 0.4) is 0 Å². The van der Waals surface area contributed by atoms with Gasteiger partial charge in [0.15, 0.2) is 0 Å². The van der Waals surface area contributed by atoms with E-state index >= 15 is 0 Å². The Bertz CT molecular complexity index is 423. The summed E-state index contributed by atoms with van der Waals surface area (Å²) in [5, 5.41) is 3.47. The molecule has 0 amide bonds. The minimum Gasteiger partial charge on any atom is -0.492 e. The molecule has 1 N–H and O–H groups in total. The monoisotopic (exact) mass is 266 g/mol. The molecule has 1 fully saturated rings. The summed E-state index contributed by atoms with van der Waals surface area (Å²) in [7, 11) is 0. The number of hydrogen-bond donors (Lipinski definition) is 1. The minimum absolute atomic E-state index is 0.260. The second kappa shape index (κ2) is 6.24. The topological polar surface area (TPSA) is 24.5 Å². The summed E-state index contributed by atoms with van der Waals surface area (Å²) in [6.07, 6.45) is 1.11. The predicted octanol–water partition coefficient (Wildman–Crippen LogP) is 3.12. The zero-order valence-electron chi connectivity index (χ0n) is 11.9. The molecule has 1 saturated heterocycles. The molecular weight excluding hydrogens is 243 g/mol. The molecule has 1 aliphatic rings. The molecule has 0 aliphatic carbocycles. The third-order valence-electron chi connectivity index (χ3n) is 3.55. The Labute approximate surface area is 114 Å². The molecule has 19 heavy (non-hydrogen) atoms. The summed E-state index contributed by atoms with van der Waals surface area (Å²) in [4.78, 5) is 2.45. The summed E-state index contributed by atoms with van der Waals surface area (Å²) in [5.41, 5.74) is 0.888. The Morgan fingerprint density at radius 1 is 1.47 bits per heavy atom. The molecule has 106 valence electrons. The van der Waals surface area contributed by atoms with Crippen LogP contribution >= 0.6 is 0 Å². The highest BCUT2D eigenvalue weighted by atomic mass is 19.1. The van der Waals surface area contributed by atoms with E-state index in [4.69, 9.17) is 4.74 Å². The van der Waals surface area contributed by atoms with Gasteiger partial charge in [0.25, 0.3) is 0 Å². The molecule has 0 radical (unpaired) electrons. The molecule has 4 heteroatoms. The summed E-state index contributed by atoms with van der Waals surface area (Å²) in [5.74, 6) is 0.342. The van der Waals surface area contributed by atoms with Gasteiger partial charge in [-0.15, -0.1) is 0 Å². The van der Waals surface area contributed by atoms with E-state index < -0.39 is 0 Å². The van der Waals surface area contributed by atoms with Gasteiger partial charge in [0.1, 0.15) is 11.6 Å². The SMILES string of the molecule is CCOc1cc(F)ccc1NC1CCN(C(C)C)C1. The first kappa shape index (κ1) is 14.1. The highest BCUT2D eigenvalue weighted by Crippen LogP contribution is 2.28. The number of rotatable bonds is 5. The van der Waals surface area contributed by atoms with Gasteiger partial charge >= 0.3 is 0 Å². The van der Waals surface area contributed by atoms with E-state index in [1.807, 2.05) is 6.92 Å². The van der Waals surface area contributed by atoms with Gasteiger partial charge in [0.2, 0.25) is 0 Å². The van der Waals surface area contributed by atoms with E-state index in [1.54, 1.807) is 6.07 Å². The summed E-state index contributed by atoms with van der Waals surface area (Å²) < 4.78 is 18.7. The number of benzene rings is 1. The van der Waals surface area contributed by atoms with Gasteiger partial charge in [-0.2, -0.15) is 0 Å². The van der Waals surface area contributed by atoms with Gasteiger partial charge in [0, 0.05) is 31.2 Å². The molecule has 1 aliphatic heterocycles. The van der Waals surface area contributed by atoms with Crippen molar-refractivity contribution in [1.29, 1.82) is 0 Å². The number of ether oxygens (including phenoxy) is 1. The second-order valence-corrected chi connectivity index (χ2v) is 5.29. The average molecular weight is 266 g/mol. The van der Waals surface area contributed by atoms with E-state index in [2.05, 4.69) is 24.1 Å². The van der Waals surface area contributed by atoms with Crippen LogP contribution in [0.4, 0.5) is 10.1 Å². The van der Waals surface area contributed by atoms with E-state index in [1.165, 1.54) is 12.1 Å². The molecule has 0 aromatic heterocycles. The lowest BCUT2D eigenvalue weighted by atomic mass is 10.2. The number of anilines is 1. The van der Waals surface area contributed by atoms with Crippen LogP contribution in [0.25, 0.3) is 0 Å². The smallest absolute Gasteiger partial charge is 0.145 e. The van der Waals surface area contributed by atoms with Crippen LogP contribution in [0.1, 0.15) is 27.2 Å². The van der Waals surface area contributed by atoms with E-state index in [-0.39, 0.29) is 5.82 Å². The fraction of sp³-hybridized carbons (Fsp3) is 0.600. The first-order chi connectivity index (χ1) is 9.10. The summed E-state index contributed by atoms with van der Waals surface area (Å²) in [6, 6.07) is 5.66. The molecule has 1 heterocycles. The molecule has 1 unspecified atom stereocenters. The largest absolute Gasteiger partial charge is 0.492 e. The van der Waals surface area contributed by atoms with Crippen LogP contribution in [-0.4, -0.2) is 36.7 Å². The van der Waals surface area contributed by atoms with Gasteiger partial charge in [-0.05, 0) is 39.3 Å². The zero-order valence-corrected chi connectivity index (χ0v) is 11.9. The highest BCUT2D eigenvalue weighted by molar-refractivity contribution is 5.57. The Hall–Kier alpha value is -1.29. The Morgan fingerprint density at radius 2 is 2.26 bits per heavy atom. The zero-order chi connectivity index (χ0) is 13.8. The fourth-order valence-electron chi connectivity index (χ4n) is 2.48. The summed E-state index contributed by atoms with van der Waals surface area (Å²) in [6.45, 7) is 9.02. The standard InChI is InChI=1S/C15H23FN2O/c1-4-19-15-9-12(16)5-6-14(15)17-13-7-8-18(10-13)11(2)3/h5-6,9,11,13,17H,4,7-8,10H2,1-3H3. The van der Waals surface area contributed by atoms with Crippen LogP contribution in [0.2, 0.25) is 0 Å². The Morgan fingerprint density at radius 3 is 2.89 bits per heavy atom. The average Bonchev–Trinajstić information content (AvgIpc) is 2.82. The maximum absolute atomic E-state index is 13.2. The van der Waals surface area contributed by atoms with Crippen molar-refractivity contribution in [2.75, 3.05) is 25.0 Å². The fourth-order valence-corrected chi connectivity index (χ4v) is 2.48. The Kier molecular flexibility index (Phi) is 4.64. The molecule has 1 aromatic carbocycles. The van der Waals surface area contributed by atoms with E-state index in [0.717, 1.165) is 25.2 Å². The number of halogens is 1. The van der Waals surface area contributed by atoms with Crippen LogP contribution in [0, 0.1) is 5.82 Å². The second-order valence-electron chi connectivity index (χ2n) is 5.29. The van der Waals surface area contributed by atoms with Crippen molar-refractivity contribution >= 4 is 5.69 Å². The minimum atomic E-state index is -0.260. The maximum Gasteiger partial charge on any atom is 0.145 e. The van der Waals surface area contributed by atoms with Crippen LogP contribution in [0.15, 0.2) is 18.2 Å². The third-order valence-corrected chi connectivity index (χ3v) is 3.55. The van der Waals surface area contributed by atoms with Crippen LogP contribution in [-0.2, 0) is 0 Å². The maximum atomic E-state index is 13.2. The predicted molar refractivity (Wildman–Crippen MR) is 76.3 cm³/mol. The molecule has 0 bridgehead atoms. The normalized spacial score (nSPS) is 19.9. The van der Waals surface area contributed by atoms with Crippen molar-refractivity contribution in [1.82, 2.24) is 4.90 Å². The van der Waals surface area contributed by atoms with E-state index in [9.17, 15) is 4.39 Å². The van der Waals surface area contributed by atoms with Crippen molar-refractivity contribution in [3.63, 3.8) is 0 Å². The molecule has 3 nitrogen and oxygen atoms in total. The van der Waals surface area contributed by atoms with Gasteiger partial charge in [-0.25, -0.2) is 4.39 Å². The highest BCUT2D eigenvalue weighted by Gasteiger charge is 2.24. The summed E-state index contributed by atoms with van der Waals surface area (Å²) >= 11 is 0. The third kappa shape index (κ3) is 3.60. The number of hydrogen-bond acceptors (Lipinski definition) is 3. The van der Waals surface area contributed by atoms with Crippen molar-refractivity contribution < 1.29 is 9.13 Å². The molecule has 1 atom stereocenters. The lowest BCUT2D eigenvalue weighted by Crippen LogP contribution is -2.31. The molecule has 0 saturated carbocycles. The first-order valence-electron chi connectivity index (χ1n) is 7.03. The number of nitrogens with one attached hydrogen (secondary N) is 1. The van der Waals surface area contributed by atoms with Gasteiger partial charge < -0.3 is 10.1 Å².